The molecule has 8 heteroatoms. The summed E-state index contributed by atoms with van der Waals surface area (Å²) in [5, 5.41) is 19.6. The van der Waals surface area contributed by atoms with Gasteiger partial charge >= 0.3 is 0 Å². The molecule has 1 heterocycles. The third-order valence-corrected chi connectivity index (χ3v) is 24.9. The summed E-state index contributed by atoms with van der Waals surface area (Å²) in [4.78, 5) is 11.9. The Morgan fingerprint density at radius 3 is 0.707 bits per heavy atom. The normalized spacial score (nSPS) is 11.0. The van der Waals surface area contributed by atoms with Crippen LogP contribution >= 0.6 is 47.6 Å². The van der Waals surface area contributed by atoms with Crippen LogP contribution in [0.2, 0.25) is 0 Å². The Labute approximate surface area is 558 Å². The van der Waals surface area contributed by atoms with Gasteiger partial charge in [0.05, 0.1) is 12.2 Å². The molecule has 454 valence electrons. The first-order chi connectivity index (χ1) is 45.5. The number of halogens is 1. The van der Waals surface area contributed by atoms with Gasteiger partial charge in [0.25, 0.3) is 5.91 Å². The minimum Gasteiger partial charge on any atom is -0.492 e. The lowest BCUT2D eigenvalue weighted by atomic mass is 10.1. The van der Waals surface area contributed by atoms with Crippen molar-refractivity contribution in [3.05, 3.63) is 392 Å². The van der Waals surface area contributed by atoms with Crippen molar-refractivity contribution in [1.82, 2.24) is 5.32 Å². The summed E-state index contributed by atoms with van der Waals surface area (Å²) < 4.78 is 6.43. The number of amides is 1. The Kier molecular flexibility index (Phi) is 26.2. The van der Waals surface area contributed by atoms with Gasteiger partial charge in [-0.3, -0.25) is 4.79 Å². The number of rotatable bonds is 15. The van der Waals surface area contributed by atoms with Gasteiger partial charge in [-0.15, -0.1) is 0 Å². The van der Waals surface area contributed by atoms with Crippen LogP contribution in [0.15, 0.2) is 381 Å². The summed E-state index contributed by atoms with van der Waals surface area (Å²) >= 11 is 3.42. The zero-order valence-electron chi connectivity index (χ0n) is 51.6. The van der Waals surface area contributed by atoms with E-state index in [2.05, 4.69) is 385 Å². The minimum absolute atomic E-state index is 0.0544. The highest BCUT2D eigenvalue weighted by Gasteiger charge is 2.22. The van der Waals surface area contributed by atoms with E-state index in [9.17, 15) is 4.79 Å². The highest BCUT2D eigenvalue weighted by atomic mass is 79.9. The minimum atomic E-state index is -0.446. The molecular weight excluding hydrogens is 1260 g/mol. The van der Waals surface area contributed by atoms with E-state index in [1.165, 1.54) is 63.7 Å². The smallest absolute Gasteiger partial charge is 0.255 e. The highest BCUT2D eigenvalue weighted by Crippen LogP contribution is 2.36. The molecule has 13 aromatic rings. The molecule has 0 fully saturated rings. The molecule has 1 aliphatic rings. The molecule has 1 amide bonds. The molecule has 0 aromatic heterocycles. The van der Waals surface area contributed by atoms with Crippen molar-refractivity contribution in [2.45, 2.75) is 19.8 Å². The van der Waals surface area contributed by atoms with Crippen LogP contribution < -0.4 is 73.7 Å². The average molecular weight is 1330 g/mol. The Morgan fingerprint density at radius 2 is 0.522 bits per heavy atom. The van der Waals surface area contributed by atoms with E-state index in [0.717, 1.165) is 28.6 Å². The predicted octanol–water partition coefficient (Wildman–Crippen LogP) is 16.3. The number of hydrogen-bond acceptors (Lipinski definition) is 2. The summed E-state index contributed by atoms with van der Waals surface area (Å²) in [5.41, 5.74) is 1.74. The summed E-state index contributed by atoms with van der Waals surface area (Å²) in [7, 11) is -1.78. The number of ether oxygens (including phenoxy) is 1. The maximum atomic E-state index is 11.9. The van der Waals surface area contributed by atoms with Gasteiger partial charge in [-0.05, 0) is 119 Å². The number of benzene rings is 13. The quantitative estimate of drug-likeness (QED) is 0.104. The maximum absolute atomic E-state index is 11.9. The van der Waals surface area contributed by atoms with Gasteiger partial charge < -0.3 is 10.1 Å². The number of carbonyl (C=O) groups excluding carboxylic acids is 1. The molecule has 3 nitrogen and oxygen atoms in total. The highest BCUT2D eigenvalue weighted by molar-refractivity contribution is 9.10. The zero-order chi connectivity index (χ0) is 63.2. The first-order valence-corrected chi connectivity index (χ1v) is 37.2. The van der Waals surface area contributed by atoms with Crippen LogP contribution in [0.4, 0.5) is 0 Å². The second-order valence-electron chi connectivity index (χ2n) is 21.2. The first kappa shape index (κ1) is 66.3. The summed E-state index contributed by atoms with van der Waals surface area (Å²) in [6.45, 7) is 3.39. The molecule has 0 radical (unpaired) electrons. The Morgan fingerprint density at radius 1 is 0.326 bits per heavy atom. The van der Waals surface area contributed by atoms with E-state index < -0.39 is 31.7 Å². The lowest BCUT2D eigenvalue weighted by Crippen LogP contribution is -2.24. The lowest BCUT2D eigenvalue weighted by Gasteiger charge is -2.18. The molecule has 0 unspecified atom stereocenters. The fraction of sp³-hybridized carbons (Fsp3) is 0.0595. The molecule has 0 atom stereocenters. The monoisotopic (exact) mass is 1330 g/mol. The van der Waals surface area contributed by atoms with Crippen molar-refractivity contribution in [3.8, 4) is 5.75 Å². The fourth-order valence-corrected chi connectivity index (χ4v) is 20.2. The van der Waals surface area contributed by atoms with E-state index >= 15 is 0 Å². The van der Waals surface area contributed by atoms with E-state index in [4.69, 9.17) is 4.74 Å². The Balaban J connectivity index is 0.000000126. The average Bonchev–Trinajstić information content (AvgIpc) is 2.78. The molecule has 1 aliphatic heterocycles. The van der Waals surface area contributed by atoms with Crippen molar-refractivity contribution in [1.29, 1.82) is 0 Å². The second-order valence-corrected chi connectivity index (χ2v) is 31.0. The number of fused-ring (bicyclic) bond motifs is 1. The number of nitrogens with one attached hydrogen (secondary N) is 1. The topological polar surface area (TPSA) is 38.3 Å². The molecule has 1 N–H and O–H groups in total. The van der Waals surface area contributed by atoms with E-state index in [-0.39, 0.29) is 5.91 Å². The predicted molar refractivity (Wildman–Crippen MR) is 407 cm³/mol. The molecular formula is C84H74BrNO2P4. The molecule has 0 aliphatic carbocycles. The van der Waals surface area contributed by atoms with Gasteiger partial charge in [0.1, 0.15) is 5.75 Å². The molecule has 92 heavy (non-hydrogen) atoms. The second kappa shape index (κ2) is 36.4. The molecule has 13 aromatic carbocycles. The van der Waals surface area contributed by atoms with Crippen LogP contribution in [0.3, 0.4) is 0 Å². The van der Waals surface area contributed by atoms with Crippen LogP contribution in [0, 0.1) is 0 Å². The van der Waals surface area contributed by atoms with Crippen molar-refractivity contribution in [3.63, 3.8) is 0 Å². The van der Waals surface area contributed by atoms with E-state index in [1.54, 1.807) is 0 Å². The first-order valence-electron chi connectivity index (χ1n) is 31.1. The van der Waals surface area contributed by atoms with Crippen LogP contribution in [0.1, 0.15) is 29.3 Å². The van der Waals surface area contributed by atoms with Crippen LogP contribution in [0.25, 0.3) is 0 Å². The fourth-order valence-electron chi connectivity index (χ4n) is 10.5. The third kappa shape index (κ3) is 19.2. The van der Waals surface area contributed by atoms with E-state index in [1.807, 2.05) is 19.1 Å². The van der Waals surface area contributed by atoms with Gasteiger partial charge in [0.2, 0.25) is 0 Å². The maximum Gasteiger partial charge on any atom is 0.255 e. The molecule has 0 saturated carbocycles. The number of hydrogen-bond donors (Lipinski definition) is 1. The summed E-state index contributed by atoms with van der Waals surface area (Å²) in [5.74, 6) is 0.693. The van der Waals surface area contributed by atoms with Gasteiger partial charge in [-0.2, -0.15) is 0 Å². The van der Waals surface area contributed by atoms with Gasteiger partial charge in [0, 0.05) is 17.4 Å². The van der Waals surface area contributed by atoms with Crippen molar-refractivity contribution in [2.75, 3.05) is 13.2 Å². The van der Waals surface area contributed by atoms with Crippen molar-refractivity contribution >= 4 is 117 Å². The Hall–Kier alpha value is -8.67. The van der Waals surface area contributed by atoms with Crippen LogP contribution in [-0.2, 0) is 6.42 Å². The van der Waals surface area contributed by atoms with E-state index in [0.29, 0.717) is 18.7 Å². The van der Waals surface area contributed by atoms with Crippen molar-refractivity contribution < 1.29 is 9.53 Å². The summed E-state index contributed by atoms with van der Waals surface area (Å²) in [6, 6.07) is 133. The molecule has 14 rings (SSSR count). The lowest BCUT2D eigenvalue weighted by molar-refractivity contribution is 0.0950. The summed E-state index contributed by atoms with van der Waals surface area (Å²) in [6.07, 6.45) is 1.81. The van der Waals surface area contributed by atoms with Gasteiger partial charge in [0.15, 0.2) is 0 Å². The van der Waals surface area contributed by atoms with Gasteiger partial charge in [-0.25, -0.2) is 0 Å². The SMILES string of the molecule is CCCNC(=O)c1cc(Br)cc2c1OCC2.c1ccc(P(c2ccccc2)c2ccccc2)cc1.c1ccc(P(c2ccccc2)c2ccccc2)cc1.c1ccc(P(c2ccccc2)c2ccccc2)cc1.c1ccc(P(c2ccccc2)c2ccccc2)cc1. The molecule has 0 spiro atoms. The van der Waals surface area contributed by atoms with Crippen LogP contribution in [-0.4, -0.2) is 19.1 Å². The number of carbonyl (C=O) groups is 1. The standard InChI is InChI=1S/4C18H15P.C12H14BrNO2/c4*1-4-10-16(11-5-1)19(17-12-6-2-7-13-17)18-14-8-3-9-15-18;1-2-4-14-12(15)10-7-9(13)6-8-3-5-16-11(8)10/h4*1-15H;6-7H,2-5H2,1H3,(H,14,15). The zero-order valence-corrected chi connectivity index (χ0v) is 56.8. The van der Waals surface area contributed by atoms with Crippen molar-refractivity contribution in [2.24, 2.45) is 0 Å². The Bertz CT molecular complexity index is 3330. The largest absolute Gasteiger partial charge is 0.492 e. The molecule has 0 bridgehead atoms. The van der Waals surface area contributed by atoms with Crippen LogP contribution in [0.5, 0.6) is 5.75 Å². The third-order valence-electron chi connectivity index (χ3n) is 14.7. The molecule has 0 saturated heterocycles. The van der Waals surface area contributed by atoms with Gasteiger partial charge in [-0.1, -0.05) is 387 Å².